The molecule has 0 aromatic heterocycles. The van der Waals surface area contributed by atoms with Crippen LogP contribution in [0.4, 0.5) is 5.69 Å². The fraction of sp³-hybridized carbons (Fsp3) is 0.316. The Bertz CT molecular complexity index is 817. The molecule has 0 radical (unpaired) electrons. The van der Waals surface area contributed by atoms with E-state index in [1.54, 1.807) is 0 Å². The number of nitrogens with one attached hydrogen (secondary N) is 1. The van der Waals surface area contributed by atoms with E-state index in [0.29, 0.717) is 6.54 Å². The van der Waals surface area contributed by atoms with Gasteiger partial charge in [-0.1, -0.05) is 24.3 Å². The van der Waals surface area contributed by atoms with E-state index < -0.39 is 22.3 Å². The summed E-state index contributed by atoms with van der Waals surface area (Å²) in [6, 6.07) is 11.5. The number of amides is 1. The summed E-state index contributed by atoms with van der Waals surface area (Å²) < 4.78 is 5.34. The number of carbonyl (C=O) groups is 1. The van der Waals surface area contributed by atoms with E-state index >= 15 is 0 Å². The van der Waals surface area contributed by atoms with Crippen LogP contribution in [0.25, 0.3) is 0 Å². The quantitative estimate of drug-likeness (QED) is 0.595. The number of ether oxygens (including phenoxy) is 1. The van der Waals surface area contributed by atoms with Crippen molar-refractivity contribution in [3.8, 4) is 5.75 Å². The minimum Gasteiger partial charge on any atom is -0.502 e. The van der Waals surface area contributed by atoms with Crippen molar-refractivity contribution in [3.63, 3.8) is 0 Å². The van der Waals surface area contributed by atoms with Crippen molar-refractivity contribution in [1.82, 2.24) is 10.2 Å². The molecular weight excluding hydrogens is 350 g/mol. The van der Waals surface area contributed by atoms with Crippen molar-refractivity contribution >= 4 is 11.6 Å². The van der Waals surface area contributed by atoms with Crippen molar-refractivity contribution in [2.24, 2.45) is 0 Å². The second-order valence-electron chi connectivity index (χ2n) is 6.35. The highest BCUT2D eigenvalue weighted by Crippen LogP contribution is 2.26. The van der Waals surface area contributed by atoms with Gasteiger partial charge in [-0.3, -0.25) is 19.8 Å². The number of phenolic OH excluding ortho intramolecular Hbond substituents is 1. The van der Waals surface area contributed by atoms with Gasteiger partial charge in [0.05, 0.1) is 18.1 Å². The summed E-state index contributed by atoms with van der Waals surface area (Å²) in [6.07, 6.45) is 0. The molecule has 0 spiro atoms. The van der Waals surface area contributed by atoms with Gasteiger partial charge < -0.3 is 15.2 Å². The zero-order chi connectivity index (χ0) is 19.2. The maximum atomic E-state index is 12.2. The highest BCUT2D eigenvalue weighted by molar-refractivity contribution is 5.95. The number of aromatic hydroxyl groups is 1. The fourth-order valence-corrected chi connectivity index (χ4v) is 2.88. The van der Waals surface area contributed by atoms with Crippen LogP contribution >= 0.6 is 0 Å². The molecule has 0 aliphatic carbocycles. The molecule has 0 bridgehead atoms. The maximum absolute atomic E-state index is 12.2. The molecule has 1 aliphatic heterocycles. The molecule has 27 heavy (non-hydrogen) atoms. The number of morpholine rings is 1. The SMILES string of the molecule is O=C(NCc1ccc(CN2CCOCC2)cc1)c1ccc([N+](=O)[O-])c(O)c1. The van der Waals surface area contributed by atoms with E-state index in [9.17, 15) is 20.0 Å². The number of nitro groups is 1. The molecule has 2 N–H and O–H groups in total. The summed E-state index contributed by atoms with van der Waals surface area (Å²) in [5.41, 5.74) is 1.89. The zero-order valence-electron chi connectivity index (χ0n) is 14.8. The zero-order valence-corrected chi connectivity index (χ0v) is 14.8. The molecular formula is C19H21N3O5. The molecule has 8 heteroatoms. The van der Waals surface area contributed by atoms with Gasteiger partial charge in [0.15, 0.2) is 5.75 Å². The van der Waals surface area contributed by atoms with E-state index in [0.717, 1.165) is 50.5 Å². The predicted octanol–water partition coefficient (Wildman–Crippen LogP) is 2.06. The number of carbonyl (C=O) groups excluding carboxylic acids is 1. The Balaban J connectivity index is 1.54. The molecule has 1 heterocycles. The largest absolute Gasteiger partial charge is 0.502 e. The van der Waals surface area contributed by atoms with Gasteiger partial charge in [0.1, 0.15) is 0 Å². The Morgan fingerprint density at radius 3 is 2.44 bits per heavy atom. The summed E-state index contributed by atoms with van der Waals surface area (Å²) in [4.78, 5) is 24.5. The van der Waals surface area contributed by atoms with Crippen molar-refractivity contribution in [1.29, 1.82) is 0 Å². The number of benzene rings is 2. The Morgan fingerprint density at radius 2 is 1.81 bits per heavy atom. The monoisotopic (exact) mass is 371 g/mol. The average molecular weight is 371 g/mol. The third-order valence-corrected chi connectivity index (χ3v) is 4.42. The average Bonchev–Trinajstić information content (AvgIpc) is 2.67. The number of phenols is 1. The molecule has 0 atom stereocenters. The van der Waals surface area contributed by atoms with E-state index in [4.69, 9.17) is 4.74 Å². The molecule has 142 valence electrons. The second-order valence-corrected chi connectivity index (χ2v) is 6.35. The van der Waals surface area contributed by atoms with Crippen LogP contribution in [0.3, 0.4) is 0 Å². The van der Waals surface area contributed by atoms with Crippen LogP contribution in [0.1, 0.15) is 21.5 Å². The van der Waals surface area contributed by atoms with E-state index in [1.807, 2.05) is 24.3 Å². The van der Waals surface area contributed by atoms with Gasteiger partial charge in [-0.2, -0.15) is 0 Å². The van der Waals surface area contributed by atoms with Gasteiger partial charge in [-0.15, -0.1) is 0 Å². The van der Waals surface area contributed by atoms with Crippen molar-refractivity contribution < 1.29 is 19.6 Å². The van der Waals surface area contributed by atoms with Crippen LogP contribution in [-0.4, -0.2) is 47.1 Å². The van der Waals surface area contributed by atoms with Gasteiger partial charge >= 0.3 is 5.69 Å². The molecule has 1 aliphatic rings. The molecule has 3 rings (SSSR count). The second kappa shape index (κ2) is 8.61. The summed E-state index contributed by atoms with van der Waals surface area (Å²) in [5.74, 6) is -0.933. The first-order chi connectivity index (χ1) is 13.0. The summed E-state index contributed by atoms with van der Waals surface area (Å²) in [7, 11) is 0. The van der Waals surface area contributed by atoms with Crippen LogP contribution in [-0.2, 0) is 17.8 Å². The smallest absolute Gasteiger partial charge is 0.310 e. The number of nitro benzene ring substituents is 1. The highest BCUT2D eigenvalue weighted by atomic mass is 16.6. The summed E-state index contributed by atoms with van der Waals surface area (Å²) in [6.45, 7) is 4.59. The van der Waals surface area contributed by atoms with Crippen LogP contribution in [0.15, 0.2) is 42.5 Å². The lowest BCUT2D eigenvalue weighted by atomic mass is 10.1. The van der Waals surface area contributed by atoms with E-state index in [1.165, 1.54) is 11.6 Å². The fourth-order valence-electron chi connectivity index (χ4n) is 2.88. The van der Waals surface area contributed by atoms with E-state index in [2.05, 4.69) is 10.2 Å². The Morgan fingerprint density at radius 1 is 1.15 bits per heavy atom. The molecule has 0 unspecified atom stereocenters. The van der Waals surface area contributed by atoms with Crippen molar-refractivity contribution in [2.75, 3.05) is 26.3 Å². The van der Waals surface area contributed by atoms with E-state index in [-0.39, 0.29) is 5.56 Å². The van der Waals surface area contributed by atoms with Crippen LogP contribution in [0.2, 0.25) is 0 Å². The molecule has 2 aromatic carbocycles. The first-order valence-corrected chi connectivity index (χ1v) is 8.66. The normalized spacial score (nSPS) is 14.7. The lowest BCUT2D eigenvalue weighted by Crippen LogP contribution is -2.35. The Labute approximate surface area is 156 Å². The topological polar surface area (TPSA) is 105 Å². The first-order valence-electron chi connectivity index (χ1n) is 8.66. The predicted molar refractivity (Wildman–Crippen MR) is 98.5 cm³/mol. The summed E-state index contributed by atoms with van der Waals surface area (Å²) >= 11 is 0. The minimum absolute atomic E-state index is 0.169. The molecule has 1 saturated heterocycles. The van der Waals surface area contributed by atoms with Gasteiger partial charge in [0, 0.05) is 37.8 Å². The summed E-state index contributed by atoms with van der Waals surface area (Å²) in [5, 5.41) is 23.1. The molecule has 1 amide bonds. The standard InChI is InChI=1S/C19H21N3O5/c23-18-11-16(5-6-17(18)22(25)26)19(24)20-12-14-1-3-15(4-2-14)13-21-7-9-27-10-8-21/h1-6,11,23H,7-10,12-13H2,(H,20,24). The highest BCUT2D eigenvalue weighted by Gasteiger charge is 2.16. The van der Waals surface area contributed by atoms with Crippen molar-refractivity contribution in [2.45, 2.75) is 13.1 Å². The number of rotatable bonds is 6. The maximum Gasteiger partial charge on any atom is 0.310 e. The number of hydrogen-bond donors (Lipinski definition) is 2. The lowest BCUT2D eigenvalue weighted by molar-refractivity contribution is -0.385. The van der Waals surface area contributed by atoms with Gasteiger partial charge in [-0.25, -0.2) is 0 Å². The third kappa shape index (κ3) is 5.02. The molecule has 1 fully saturated rings. The first kappa shape index (κ1) is 18.8. The van der Waals surface area contributed by atoms with Gasteiger partial charge in [0.25, 0.3) is 5.91 Å². The van der Waals surface area contributed by atoms with Crippen LogP contribution < -0.4 is 5.32 Å². The molecule has 0 saturated carbocycles. The number of nitrogens with zero attached hydrogens (tertiary/aromatic N) is 2. The number of hydrogen-bond acceptors (Lipinski definition) is 6. The lowest BCUT2D eigenvalue weighted by Gasteiger charge is -2.26. The van der Waals surface area contributed by atoms with Crippen LogP contribution in [0.5, 0.6) is 5.75 Å². The molecule has 8 nitrogen and oxygen atoms in total. The van der Waals surface area contributed by atoms with Crippen molar-refractivity contribution in [3.05, 3.63) is 69.3 Å². The minimum atomic E-state index is -0.699. The Hall–Kier alpha value is -2.97. The van der Waals surface area contributed by atoms with Crippen LogP contribution in [0, 0.1) is 10.1 Å². The third-order valence-electron chi connectivity index (χ3n) is 4.42. The molecule has 2 aromatic rings. The van der Waals surface area contributed by atoms with Gasteiger partial charge in [0.2, 0.25) is 0 Å². The van der Waals surface area contributed by atoms with Gasteiger partial charge in [-0.05, 0) is 23.3 Å². The Kier molecular flexibility index (Phi) is 6.00.